The Morgan fingerprint density at radius 2 is 1.56 bits per heavy atom. The van der Waals surface area contributed by atoms with Gasteiger partial charge < -0.3 is 30.0 Å². The number of hydrogen-bond donors (Lipinski definition) is 3. The first-order valence-corrected chi connectivity index (χ1v) is 23.5. The molecule has 0 radical (unpaired) electrons. The van der Waals surface area contributed by atoms with Crippen molar-refractivity contribution >= 4 is 29.5 Å². The number of ether oxygens (including phenoxy) is 3. The van der Waals surface area contributed by atoms with Crippen LogP contribution in [-0.4, -0.2) is 59.6 Å². The normalized spacial score (nSPS) is 37.6. The van der Waals surface area contributed by atoms with Crippen molar-refractivity contribution in [3.63, 3.8) is 0 Å². The van der Waals surface area contributed by atoms with Crippen LogP contribution >= 0.6 is 0 Å². The van der Waals surface area contributed by atoms with Gasteiger partial charge in [0.1, 0.15) is 6.10 Å². The van der Waals surface area contributed by atoms with E-state index in [9.17, 15) is 29.1 Å². The van der Waals surface area contributed by atoms with Crippen LogP contribution in [0, 0.1) is 68.0 Å². The molecule has 1 aliphatic heterocycles. The third-order valence-electron chi connectivity index (χ3n) is 18.9. The van der Waals surface area contributed by atoms with E-state index in [2.05, 4.69) is 59.1 Å². The Balaban J connectivity index is 0.984. The number of benzene rings is 1. The van der Waals surface area contributed by atoms with Gasteiger partial charge in [-0.25, -0.2) is 0 Å². The SMILES string of the molecule is CC(C)C1=C2[C@H]3CC[C@@H]4[C@@]5(C)CC[C@H](OC(=O)[C@H]6C[C@@H](C(=O)O)C6(C)C)C(C)(C)[C@@H]5CC[C@@]4(C)[C@]3(C)CC[C@@]2(CC(=O)NC(C)(C)CNC(=O)c2ccc3c(c2)OCO3)CC1=O. The highest BCUT2D eigenvalue weighted by molar-refractivity contribution is 6.01. The summed E-state index contributed by atoms with van der Waals surface area (Å²) in [6.45, 7) is 24.4. The Morgan fingerprint density at radius 3 is 2.24 bits per heavy atom. The highest BCUT2D eigenvalue weighted by atomic mass is 16.7. The van der Waals surface area contributed by atoms with Crippen molar-refractivity contribution in [1.82, 2.24) is 10.6 Å². The lowest BCUT2D eigenvalue weighted by Gasteiger charge is -2.72. The summed E-state index contributed by atoms with van der Waals surface area (Å²) in [7, 11) is 0. The van der Waals surface area contributed by atoms with Crippen LogP contribution in [0.2, 0.25) is 0 Å². The van der Waals surface area contributed by atoms with Gasteiger partial charge in [0.15, 0.2) is 17.3 Å². The van der Waals surface area contributed by atoms with Crippen molar-refractivity contribution < 1.29 is 43.3 Å². The number of rotatable bonds is 10. The van der Waals surface area contributed by atoms with Crippen molar-refractivity contribution in [1.29, 1.82) is 0 Å². The summed E-state index contributed by atoms with van der Waals surface area (Å²) in [5.41, 5.74) is 0.530. The van der Waals surface area contributed by atoms with Crippen LogP contribution in [0.4, 0.5) is 0 Å². The Morgan fingerprint density at radius 1 is 0.855 bits per heavy atom. The van der Waals surface area contributed by atoms with Crippen LogP contribution in [0.1, 0.15) is 157 Å². The van der Waals surface area contributed by atoms with Gasteiger partial charge in [-0.2, -0.15) is 0 Å². The number of fused-ring (bicyclic) bond motifs is 8. The van der Waals surface area contributed by atoms with Gasteiger partial charge in [-0.15, -0.1) is 0 Å². The Kier molecular flexibility index (Phi) is 10.7. The topological polar surface area (TPSA) is 157 Å². The fourth-order valence-corrected chi connectivity index (χ4v) is 15.3. The minimum atomic E-state index is -0.843. The average molecular weight is 857 g/mol. The maximum absolute atomic E-state index is 14.3. The number of carbonyl (C=O) groups is 5. The van der Waals surface area contributed by atoms with E-state index in [4.69, 9.17) is 14.2 Å². The molecule has 10 atom stereocenters. The number of carboxylic acids is 1. The zero-order chi connectivity index (χ0) is 45.2. The van der Waals surface area contributed by atoms with Gasteiger partial charge in [-0.05, 0) is 141 Å². The molecule has 3 N–H and O–H groups in total. The van der Waals surface area contributed by atoms with Crippen LogP contribution in [0.5, 0.6) is 11.5 Å². The zero-order valence-electron chi connectivity index (χ0n) is 39.2. The standard InChI is InChI=1S/C51H72N2O9/c1-28(2)40-33(54)24-51(25-39(55)53-45(3,4)26-52-42(56)29-12-14-34-35(22-29)61-27-60-34)21-20-49(10)30(41(40)51)13-15-37-48(9)18-17-38(47(7,8)36(48)16-19-50(37,49)11)62-44(59)32-23-31(43(57)58)46(32,5)6/h12,14,22,28,30-32,36-38H,13,15-21,23-27H2,1-11H3,(H,52,56)(H,53,55)(H,57,58)/t30-,31+,32-,36+,37-,38+,48+,49-,50-,51+/m1/s1. The first-order valence-electron chi connectivity index (χ1n) is 23.5. The summed E-state index contributed by atoms with van der Waals surface area (Å²) in [4.78, 5) is 67.1. The summed E-state index contributed by atoms with van der Waals surface area (Å²) < 4.78 is 17.3. The van der Waals surface area contributed by atoms with Crippen molar-refractivity contribution in [2.24, 2.45) is 68.0 Å². The number of allylic oxidation sites excluding steroid dienone is 2. The first kappa shape index (κ1) is 44.7. The third-order valence-corrected chi connectivity index (χ3v) is 18.9. The molecule has 0 saturated heterocycles. The fraction of sp³-hybridized carbons (Fsp3) is 0.745. The smallest absolute Gasteiger partial charge is 0.309 e. The number of nitrogens with one attached hydrogen (secondary N) is 2. The molecule has 11 heteroatoms. The van der Waals surface area contributed by atoms with Crippen molar-refractivity contribution in [2.75, 3.05) is 13.3 Å². The van der Waals surface area contributed by atoms with E-state index < -0.39 is 34.2 Å². The first-order chi connectivity index (χ1) is 28.8. The van der Waals surface area contributed by atoms with Gasteiger partial charge in [0.25, 0.3) is 5.91 Å². The predicted octanol–water partition coefficient (Wildman–Crippen LogP) is 9.07. The summed E-state index contributed by atoms with van der Waals surface area (Å²) in [5.74, 6) is 0.0478. The Labute approximate surface area is 368 Å². The maximum Gasteiger partial charge on any atom is 0.309 e. The molecule has 2 amide bonds. The number of carbonyl (C=O) groups excluding carboxylic acids is 4. The largest absolute Gasteiger partial charge is 0.481 e. The molecule has 1 aromatic rings. The van der Waals surface area contributed by atoms with Gasteiger partial charge in [0, 0.05) is 35.8 Å². The molecule has 7 aliphatic rings. The molecule has 0 bridgehead atoms. The fourth-order valence-electron chi connectivity index (χ4n) is 15.3. The second-order valence-electron chi connectivity index (χ2n) is 23.6. The monoisotopic (exact) mass is 857 g/mol. The molecule has 11 nitrogen and oxygen atoms in total. The number of Topliss-reactive ketones (excluding diaryl/α,β-unsaturated/α-hetero) is 1. The number of hydrogen-bond acceptors (Lipinski definition) is 8. The van der Waals surface area contributed by atoms with Crippen LogP contribution in [0.15, 0.2) is 29.3 Å². The summed E-state index contributed by atoms with van der Waals surface area (Å²) in [6, 6.07) is 5.09. The molecule has 6 aliphatic carbocycles. The zero-order valence-corrected chi connectivity index (χ0v) is 39.2. The third kappa shape index (κ3) is 6.73. The second kappa shape index (κ2) is 14.8. The molecule has 8 rings (SSSR count). The molecular formula is C51H72N2O9. The summed E-state index contributed by atoms with van der Waals surface area (Å²) >= 11 is 0. The molecule has 62 heavy (non-hydrogen) atoms. The van der Waals surface area contributed by atoms with Crippen LogP contribution in [-0.2, 0) is 23.9 Å². The molecule has 340 valence electrons. The van der Waals surface area contributed by atoms with Gasteiger partial charge in [0.2, 0.25) is 12.7 Å². The second-order valence-corrected chi connectivity index (χ2v) is 23.6. The molecular weight excluding hydrogens is 785 g/mol. The Hall–Kier alpha value is -3.89. The van der Waals surface area contributed by atoms with E-state index in [1.54, 1.807) is 18.2 Å². The highest BCUT2D eigenvalue weighted by Crippen LogP contribution is 2.77. The van der Waals surface area contributed by atoms with Crippen LogP contribution in [0.3, 0.4) is 0 Å². The number of amides is 2. The van der Waals surface area contributed by atoms with Crippen molar-refractivity contribution in [3.05, 3.63) is 34.9 Å². The van der Waals surface area contributed by atoms with E-state index in [0.717, 1.165) is 56.9 Å². The Bertz CT molecular complexity index is 2100. The molecule has 0 aromatic heterocycles. The molecule has 1 aromatic carbocycles. The molecule has 0 unspecified atom stereocenters. The van der Waals surface area contributed by atoms with E-state index >= 15 is 0 Å². The highest BCUT2D eigenvalue weighted by Gasteiger charge is 2.70. The average Bonchev–Trinajstić information content (AvgIpc) is 3.75. The molecule has 5 saturated carbocycles. The molecule has 0 spiro atoms. The van der Waals surface area contributed by atoms with E-state index in [1.807, 2.05) is 27.7 Å². The lowest BCUT2D eigenvalue weighted by atomic mass is 9.33. The van der Waals surface area contributed by atoms with E-state index in [-0.39, 0.29) is 82.9 Å². The minimum Gasteiger partial charge on any atom is -0.481 e. The van der Waals surface area contributed by atoms with Gasteiger partial charge >= 0.3 is 11.9 Å². The maximum atomic E-state index is 14.3. The number of esters is 1. The van der Waals surface area contributed by atoms with E-state index in [0.29, 0.717) is 41.7 Å². The molecule has 5 fully saturated rings. The summed E-state index contributed by atoms with van der Waals surface area (Å²) in [5, 5.41) is 15.9. The number of aliphatic carboxylic acids is 1. The van der Waals surface area contributed by atoms with E-state index in [1.165, 1.54) is 5.57 Å². The predicted molar refractivity (Wildman–Crippen MR) is 234 cm³/mol. The number of ketones is 1. The lowest BCUT2D eigenvalue weighted by molar-refractivity contribution is -0.236. The molecule has 1 heterocycles. The van der Waals surface area contributed by atoms with Crippen LogP contribution < -0.4 is 20.1 Å². The van der Waals surface area contributed by atoms with Crippen molar-refractivity contribution in [2.45, 2.75) is 158 Å². The van der Waals surface area contributed by atoms with Gasteiger partial charge in [0.05, 0.1) is 17.4 Å². The van der Waals surface area contributed by atoms with Gasteiger partial charge in [-0.1, -0.05) is 67.9 Å². The summed E-state index contributed by atoms with van der Waals surface area (Å²) in [6.07, 6.45) is 8.38. The van der Waals surface area contributed by atoms with Crippen molar-refractivity contribution in [3.8, 4) is 11.5 Å². The lowest BCUT2D eigenvalue weighted by Crippen LogP contribution is -2.66. The minimum absolute atomic E-state index is 0.00980. The number of carboxylic acid groups (broad SMARTS) is 1. The quantitative estimate of drug-likeness (QED) is 0.195. The van der Waals surface area contributed by atoms with Gasteiger partial charge in [-0.3, -0.25) is 24.0 Å². The van der Waals surface area contributed by atoms with Crippen LogP contribution in [0.25, 0.3) is 0 Å².